The van der Waals surface area contributed by atoms with E-state index in [0.717, 1.165) is 23.7 Å². The minimum atomic E-state index is 0.513. The van der Waals surface area contributed by atoms with E-state index in [1.807, 2.05) is 28.9 Å². The molecule has 2 saturated heterocycles. The Labute approximate surface area is 119 Å². The molecular formula is C15H21N5. The van der Waals surface area contributed by atoms with Gasteiger partial charge in [0.2, 0.25) is 5.95 Å². The molecule has 5 nitrogen and oxygen atoms in total. The Morgan fingerprint density at radius 1 is 1.20 bits per heavy atom. The van der Waals surface area contributed by atoms with Crippen molar-refractivity contribution < 1.29 is 0 Å². The quantitative estimate of drug-likeness (QED) is 0.909. The summed E-state index contributed by atoms with van der Waals surface area (Å²) in [6, 6.07) is 7.94. The summed E-state index contributed by atoms with van der Waals surface area (Å²) >= 11 is 0. The first-order valence-electron chi connectivity index (χ1n) is 7.59. The van der Waals surface area contributed by atoms with Crippen LogP contribution in [0.25, 0.3) is 5.65 Å². The van der Waals surface area contributed by atoms with Crippen molar-refractivity contribution in [2.24, 2.45) is 0 Å². The van der Waals surface area contributed by atoms with Crippen molar-refractivity contribution in [2.75, 3.05) is 12.4 Å². The van der Waals surface area contributed by atoms with Gasteiger partial charge in [0.25, 0.3) is 0 Å². The van der Waals surface area contributed by atoms with Crippen LogP contribution in [0.1, 0.15) is 32.1 Å². The lowest BCUT2D eigenvalue weighted by atomic mass is 9.82. The molecule has 2 aliphatic rings. The second-order valence-corrected chi connectivity index (χ2v) is 6.16. The van der Waals surface area contributed by atoms with Gasteiger partial charge in [0.1, 0.15) is 0 Å². The van der Waals surface area contributed by atoms with Gasteiger partial charge in [-0.15, -0.1) is 5.10 Å². The van der Waals surface area contributed by atoms with Crippen LogP contribution in [0.3, 0.4) is 0 Å². The van der Waals surface area contributed by atoms with Gasteiger partial charge in [-0.2, -0.15) is 4.98 Å². The van der Waals surface area contributed by atoms with Gasteiger partial charge in [0.05, 0.1) is 0 Å². The molecule has 2 aromatic heterocycles. The Bertz CT molecular complexity index is 560. The molecule has 106 valence electrons. The Morgan fingerprint density at radius 3 is 2.75 bits per heavy atom. The van der Waals surface area contributed by atoms with E-state index in [2.05, 4.69) is 27.3 Å². The highest BCUT2D eigenvalue weighted by atomic mass is 15.3. The lowest BCUT2D eigenvalue weighted by Crippen LogP contribution is -2.52. The largest absolute Gasteiger partial charge is 0.350 e. The SMILES string of the molecule is CN1C2CCCC1CC(Nc1nc3ccccn3n1)C2. The first kappa shape index (κ1) is 12.1. The average molecular weight is 271 g/mol. The molecular weight excluding hydrogens is 250 g/mol. The van der Waals surface area contributed by atoms with Crippen molar-refractivity contribution >= 4 is 11.6 Å². The third-order valence-electron chi connectivity index (χ3n) is 4.91. The molecule has 2 aliphatic heterocycles. The third kappa shape index (κ3) is 2.06. The number of nitrogens with one attached hydrogen (secondary N) is 1. The van der Waals surface area contributed by atoms with Crippen LogP contribution in [0.5, 0.6) is 0 Å². The number of nitrogens with zero attached hydrogens (tertiary/aromatic N) is 4. The second kappa shape index (κ2) is 4.74. The van der Waals surface area contributed by atoms with Crippen molar-refractivity contribution in [1.29, 1.82) is 0 Å². The Kier molecular flexibility index (Phi) is 2.88. The summed E-state index contributed by atoms with van der Waals surface area (Å²) in [4.78, 5) is 7.13. The molecule has 1 N–H and O–H groups in total. The summed E-state index contributed by atoms with van der Waals surface area (Å²) in [6.45, 7) is 0. The number of piperidine rings is 2. The van der Waals surface area contributed by atoms with Gasteiger partial charge in [0.15, 0.2) is 5.65 Å². The smallest absolute Gasteiger partial charge is 0.243 e. The summed E-state index contributed by atoms with van der Waals surface area (Å²) < 4.78 is 1.83. The standard InChI is InChI=1S/C15H21N5/c1-19-12-5-4-6-13(19)10-11(9-12)16-15-17-14-7-2-3-8-20(14)18-15/h2-3,7-8,11-13H,4-6,9-10H2,1H3,(H,16,18). The molecule has 0 aromatic carbocycles. The second-order valence-electron chi connectivity index (χ2n) is 6.16. The van der Waals surface area contributed by atoms with E-state index in [1.165, 1.54) is 32.1 Å². The summed E-state index contributed by atoms with van der Waals surface area (Å²) in [5.74, 6) is 0.767. The maximum Gasteiger partial charge on any atom is 0.243 e. The number of anilines is 1. The van der Waals surface area contributed by atoms with E-state index in [4.69, 9.17) is 0 Å². The maximum absolute atomic E-state index is 4.55. The molecule has 2 unspecified atom stereocenters. The number of aromatic nitrogens is 3. The van der Waals surface area contributed by atoms with Gasteiger partial charge in [-0.05, 0) is 44.9 Å². The first-order chi connectivity index (χ1) is 9.79. The topological polar surface area (TPSA) is 45.5 Å². The Balaban J connectivity index is 1.51. The van der Waals surface area contributed by atoms with E-state index < -0.39 is 0 Å². The highest BCUT2D eigenvalue weighted by molar-refractivity contribution is 5.43. The fourth-order valence-corrected chi connectivity index (χ4v) is 3.81. The zero-order valence-corrected chi connectivity index (χ0v) is 11.9. The molecule has 0 saturated carbocycles. The van der Waals surface area contributed by atoms with Crippen LogP contribution in [0, 0.1) is 0 Å². The minimum Gasteiger partial charge on any atom is -0.350 e. The molecule has 0 radical (unpaired) electrons. The molecule has 2 bridgehead atoms. The lowest BCUT2D eigenvalue weighted by Gasteiger charge is -2.47. The summed E-state index contributed by atoms with van der Waals surface area (Å²) in [5.41, 5.74) is 0.906. The molecule has 2 fully saturated rings. The fourth-order valence-electron chi connectivity index (χ4n) is 3.81. The van der Waals surface area contributed by atoms with Crippen LogP contribution in [0.15, 0.2) is 24.4 Å². The Morgan fingerprint density at radius 2 is 2.00 bits per heavy atom. The maximum atomic E-state index is 4.55. The van der Waals surface area contributed by atoms with Crippen LogP contribution in [0.2, 0.25) is 0 Å². The number of hydrogen-bond donors (Lipinski definition) is 1. The summed E-state index contributed by atoms with van der Waals surface area (Å²) in [6.07, 6.45) is 8.43. The van der Waals surface area contributed by atoms with Gasteiger partial charge >= 0.3 is 0 Å². The summed E-state index contributed by atoms with van der Waals surface area (Å²) in [7, 11) is 2.29. The molecule has 0 amide bonds. The number of hydrogen-bond acceptors (Lipinski definition) is 4. The third-order valence-corrected chi connectivity index (χ3v) is 4.91. The van der Waals surface area contributed by atoms with E-state index in [0.29, 0.717) is 6.04 Å². The van der Waals surface area contributed by atoms with Gasteiger partial charge in [-0.25, -0.2) is 4.52 Å². The van der Waals surface area contributed by atoms with Crippen LogP contribution >= 0.6 is 0 Å². The zero-order chi connectivity index (χ0) is 13.5. The molecule has 4 rings (SSSR count). The molecule has 0 aliphatic carbocycles. The predicted molar refractivity (Wildman–Crippen MR) is 78.8 cm³/mol. The monoisotopic (exact) mass is 271 g/mol. The fraction of sp³-hybridized carbons (Fsp3) is 0.600. The van der Waals surface area contributed by atoms with Crippen molar-refractivity contribution in [3.8, 4) is 0 Å². The normalized spacial score (nSPS) is 30.6. The molecule has 2 atom stereocenters. The molecule has 0 spiro atoms. The van der Waals surface area contributed by atoms with Crippen molar-refractivity contribution in [1.82, 2.24) is 19.5 Å². The van der Waals surface area contributed by atoms with Crippen LogP contribution in [0.4, 0.5) is 5.95 Å². The summed E-state index contributed by atoms with van der Waals surface area (Å²) in [5, 5.41) is 8.05. The van der Waals surface area contributed by atoms with E-state index in [-0.39, 0.29) is 0 Å². The number of fused-ring (bicyclic) bond motifs is 3. The van der Waals surface area contributed by atoms with Crippen LogP contribution < -0.4 is 5.32 Å². The van der Waals surface area contributed by atoms with Gasteiger partial charge < -0.3 is 10.2 Å². The van der Waals surface area contributed by atoms with Gasteiger partial charge in [-0.1, -0.05) is 12.5 Å². The van der Waals surface area contributed by atoms with E-state index in [1.54, 1.807) is 0 Å². The molecule has 20 heavy (non-hydrogen) atoms. The van der Waals surface area contributed by atoms with E-state index in [9.17, 15) is 0 Å². The first-order valence-corrected chi connectivity index (χ1v) is 7.59. The van der Waals surface area contributed by atoms with Gasteiger partial charge in [-0.3, -0.25) is 0 Å². The minimum absolute atomic E-state index is 0.513. The van der Waals surface area contributed by atoms with Crippen molar-refractivity contribution in [3.63, 3.8) is 0 Å². The average Bonchev–Trinajstić information content (AvgIpc) is 2.82. The van der Waals surface area contributed by atoms with E-state index >= 15 is 0 Å². The molecule has 4 heterocycles. The van der Waals surface area contributed by atoms with Crippen molar-refractivity contribution in [3.05, 3.63) is 24.4 Å². The molecule has 5 heteroatoms. The number of pyridine rings is 1. The van der Waals surface area contributed by atoms with Crippen molar-refractivity contribution in [2.45, 2.75) is 50.2 Å². The Hall–Kier alpha value is -1.62. The van der Waals surface area contributed by atoms with Crippen LogP contribution in [-0.2, 0) is 0 Å². The lowest BCUT2D eigenvalue weighted by molar-refractivity contribution is 0.0607. The highest BCUT2D eigenvalue weighted by Crippen LogP contribution is 2.33. The highest BCUT2D eigenvalue weighted by Gasteiger charge is 2.36. The predicted octanol–water partition coefficient (Wildman–Crippen LogP) is 2.16. The van der Waals surface area contributed by atoms with Gasteiger partial charge in [0, 0.05) is 24.3 Å². The molecule has 2 aromatic rings. The zero-order valence-electron chi connectivity index (χ0n) is 11.9. The van der Waals surface area contributed by atoms with Crippen LogP contribution in [-0.4, -0.2) is 44.7 Å². The number of rotatable bonds is 2.